The van der Waals surface area contributed by atoms with Gasteiger partial charge in [-0.3, -0.25) is 0 Å². The number of halogens is 5. The van der Waals surface area contributed by atoms with E-state index >= 15 is 0 Å². The van der Waals surface area contributed by atoms with Gasteiger partial charge < -0.3 is 10.1 Å². The summed E-state index contributed by atoms with van der Waals surface area (Å²) in [5.41, 5.74) is 1.82. The zero-order chi connectivity index (χ0) is 20.8. The fraction of sp³-hybridized carbons (Fsp3) is 0.190. The van der Waals surface area contributed by atoms with Crippen molar-refractivity contribution in [2.45, 2.75) is 19.6 Å². The number of hydrogen-bond donors (Lipinski definition) is 1. The quantitative estimate of drug-likeness (QED) is 0.207. The number of benzene rings is 2. The highest BCUT2D eigenvalue weighted by Crippen LogP contribution is 2.25. The maximum atomic E-state index is 14.0. The van der Waals surface area contributed by atoms with Crippen molar-refractivity contribution in [2.75, 3.05) is 6.54 Å². The lowest BCUT2D eigenvalue weighted by Gasteiger charge is -2.14. The van der Waals surface area contributed by atoms with E-state index in [1.807, 2.05) is 0 Å². The summed E-state index contributed by atoms with van der Waals surface area (Å²) in [6.45, 7) is 1.09. The van der Waals surface area contributed by atoms with E-state index < -0.39 is 11.8 Å². The highest BCUT2D eigenvalue weighted by molar-refractivity contribution is 14.1. The van der Waals surface area contributed by atoms with Crippen molar-refractivity contribution in [3.8, 4) is 5.75 Å². The van der Waals surface area contributed by atoms with Crippen molar-refractivity contribution >= 4 is 45.8 Å². The number of nitrogens with zero attached hydrogens (tertiary/aromatic N) is 1. The van der Waals surface area contributed by atoms with Crippen LogP contribution in [0.2, 0.25) is 10.0 Å². The second-order valence-corrected chi connectivity index (χ2v) is 8.30. The third-order valence-electron chi connectivity index (χ3n) is 4.23. The maximum absolute atomic E-state index is 14.0. The van der Waals surface area contributed by atoms with Gasteiger partial charge in [-0.1, -0.05) is 29.3 Å². The molecule has 0 amide bonds. The van der Waals surface area contributed by atoms with Gasteiger partial charge in [0.2, 0.25) is 5.95 Å². The van der Waals surface area contributed by atoms with E-state index in [4.69, 9.17) is 27.9 Å². The van der Waals surface area contributed by atoms with E-state index in [1.54, 1.807) is 36.4 Å². The number of hydrogen-bond acceptors (Lipinski definition) is 3. The first-order valence-corrected chi connectivity index (χ1v) is 10.6. The highest BCUT2D eigenvalue weighted by atomic mass is 127. The monoisotopic (exact) mass is 548 g/mol. The molecule has 0 unspecified atom stereocenters. The summed E-state index contributed by atoms with van der Waals surface area (Å²) in [6, 6.07) is 11.5. The molecule has 1 N–H and O–H groups in total. The Morgan fingerprint density at radius 2 is 1.76 bits per heavy atom. The number of ether oxygens (including phenoxy) is 1. The van der Waals surface area contributed by atoms with Crippen LogP contribution in [0.5, 0.6) is 5.75 Å². The van der Waals surface area contributed by atoms with Gasteiger partial charge in [0.05, 0.1) is 0 Å². The van der Waals surface area contributed by atoms with E-state index in [2.05, 4.69) is 32.9 Å². The second-order valence-electron chi connectivity index (χ2n) is 6.27. The van der Waals surface area contributed by atoms with Gasteiger partial charge >= 0.3 is 0 Å². The van der Waals surface area contributed by atoms with Crippen LogP contribution < -0.4 is 10.1 Å². The third kappa shape index (κ3) is 6.25. The lowest BCUT2D eigenvalue weighted by atomic mass is 10.1. The minimum atomic E-state index is -0.449. The van der Waals surface area contributed by atoms with Crippen molar-refractivity contribution in [1.29, 1.82) is 0 Å². The molecule has 152 valence electrons. The number of pyridine rings is 1. The van der Waals surface area contributed by atoms with Gasteiger partial charge in [0, 0.05) is 43.0 Å². The topological polar surface area (TPSA) is 34.1 Å². The SMILES string of the molecule is Fc1cc(Cl)ccc1COc1ccc(Cl)cc1CNCCc1c(I)ccnc1F. The molecule has 3 aromatic rings. The van der Waals surface area contributed by atoms with E-state index in [1.165, 1.54) is 12.3 Å². The smallest absolute Gasteiger partial charge is 0.217 e. The molecule has 3 rings (SSSR count). The predicted octanol–water partition coefficient (Wildman–Crippen LogP) is 6.18. The van der Waals surface area contributed by atoms with Gasteiger partial charge in [-0.15, -0.1) is 0 Å². The predicted molar refractivity (Wildman–Crippen MR) is 120 cm³/mol. The van der Waals surface area contributed by atoms with Crippen molar-refractivity contribution in [3.05, 3.63) is 90.7 Å². The minimum absolute atomic E-state index is 0.0662. The molecule has 0 aliphatic heterocycles. The Balaban J connectivity index is 1.61. The van der Waals surface area contributed by atoms with Gasteiger partial charge in [-0.2, -0.15) is 4.39 Å². The minimum Gasteiger partial charge on any atom is -0.488 e. The number of rotatable bonds is 8. The summed E-state index contributed by atoms with van der Waals surface area (Å²) in [7, 11) is 0. The third-order valence-corrected chi connectivity index (χ3v) is 5.71. The molecule has 2 aromatic carbocycles. The summed E-state index contributed by atoms with van der Waals surface area (Å²) in [5.74, 6) is -0.270. The van der Waals surface area contributed by atoms with Crippen LogP contribution in [0, 0.1) is 15.3 Å². The molecule has 0 radical (unpaired) electrons. The number of aromatic nitrogens is 1. The van der Waals surface area contributed by atoms with Crippen LogP contribution in [-0.4, -0.2) is 11.5 Å². The van der Waals surface area contributed by atoms with E-state index in [-0.39, 0.29) is 6.61 Å². The van der Waals surface area contributed by atoms with Crippen LogP contribution in [0.15, 0.2) is 48.7 Å². The molecule has 0 atom stereocenters. The van der Waals surface area contributed by atoms with E-state index in [0.29, 0.717) is 46.4 Å². The zero-order valence-corrected chi connectivity index (χ0v) is 18.9. The average molecular weight is 549 g/mol. The Morgan fingerprint density at radius 3 is 2.52 bits per heavy atom. The van der Waals surface area contributed by atoms with Crippen LogP contribution in [-0.2, 0) is 19.6 Å². The molecule has 0 spiro atoms. The summed E-state index contributed by atoms with van der Waals surface area (Å²) in [5, 5.41) is 4.17. The highest BCUT2D eigenvalue weighted by Gasteiger charge is 2.10. The molecule has 1 heterocycles. The largest absolute Gasteiger partial charge is 0.488 e. The summed E-state index contributed by atoms with van der Waals surface area (Å²) in [4.78, 5) is 3.69. The molecule has 29 heavy (non-hydrogen) atoms. The Hall–Kier alpha value is -1.48. The van der Waals surface area contributed by atoms with Crippen molar-refractivity contribution in [2.24, 2.45) is 0 Å². The van der Waals surface area contributed by atoms with Gasteiger partial charge in [0.15, 0.2) is 0 Å². The first-order chi connectivity index (χ1) is 13.9. The van der Waals surface area contributed by atoms with Gasteiger partial charge in [0.1, 0.15) is 18.2 Å². The Bertz CT molecular complexity index is 984. The second kappa shape index (κ2) is 10.5. The van der Waals surface area contributed by atoms with Crippen molar-refractivity contribution in [3.63, 3.8) is 0 Å². The molecule has 0 saturated heterocycles. The van der Waals surface area contributed by atoms with Crippen LogP contribution in [0.4, 0.5) is 8.78 Å². The Labute approximate surface area is 191 Å². The van der Waals surface area contributed by atoms with Gasteiger partial charge in [-0.05, 0) is 72.0 Å². The summed E-state index contributed by atoms with van der Waals surface area (Å²) in [6.07, 6.45) is 1.96. The summed E-state index contributed by atoms with van der Waals surface area (Å²) >= 11 is 14.0. The first kappa shape index (κ1) is 22.2. The fourth-order valence-corrected chi connectivity index (χ4v) is 3.73. The molecule has 1 aromatic heterocycles. The first-order valence-electron chi connectivity index (χ1n) is 8.79. The molecule has 0 aliphatic carbocycles. The van der Waals surface area contributed by atoms with Crippen LogP contribution in [0.1, 0.15) is 16.7 Å². The van der Waals surface area contributed by atoms with Crippen LogP contribution in [0.3, 0.4) is 0 Å². The number of nitrogens with one attached hydrogen (secondary N) is 1. The standard InChI is InChI=1S/C21H17Cl2F2IN2O/c22-15-3-4-20(29-12-13-1-2-16(23)10-18(13)24)14(9-15)11-27-7-5-17-19(26)6-8-28-21(17)25/h1-4,6,8-10,27H,5,7,11-12H2. The Kier molecular flexibility index (Phi) is 8.06. The lowest BCUT2D eigenvalue weighted by Crippen LogP contribution is -2.18. The van der Waals surface area contributed by atoms with Crippen LogP contribution >= 0.6 is 45.8 Å². The zero-order valence-electron chi connectivity index (χ0n) is 15.2. The molecule has 8 heteroatoms. The molecule has 3 nitrogen and oxygen atoms in total. The van der Waals surface area contributed by atoms with Crippen molar-refractivity contribution < 1.29 is 13.5 Å². The fourth-order valence-electron chi connectivity index (χ4n) is 2.73. The van der Waals surface area contributed by atoms with E-state index in [0.717, 1.165) is 9.13 Å². The molecule has 0 aliphatic rings. The molecule has 0 bridgehead atoms. The maximum Gasteiger partial charge on any atom is 0.217 e. The summed E-state index contributed by atoms with van der Waals surface area (Å²) < 4.78 is 34.4. The molecule has 0 saturated carbocycles. The normalized spacial score (nSPS) is 10.9. The molecular weight excluding hydrogens is 532 g/mol. The molecule has 0 fully saturated rings. The lowest BCUT2D eigenvalue weighted by molar-refractivity contribution is 0.296. The Morgan fingerprint density at radius 1 is 1.00 bits per heavy atom. The van der Waals surface area contributed by atoms with Gasteiger partial charge in [0.25, 0.3) is 0 Å². The molecular formula is C21H17Cl2F2IN2O. The van der Waals surface area contributed by atoms with Crippen LogP contribution in [0.25, 0.3) is 0 Å². The van der Waals surface area contributed by atoms with E-state index in [9.17, 15) is 8.78 Å². The van der Waals surface area contributed by atoms with Crippen molar-refractivity contribution in [1.82, 2.24) is 10.3 Å². The van der Waals surface area contributed by atoms with Gasteiger partial charge in [-0.25, -0.2) is 9.37 Å². The average Bonchev–Trinajstić information content (AvgIpc) is 2.67.